The molecule has 31 heavy (non-hydrogen) atoms. The lowest BCUT2D eigenvalue weighted by molar-refractivity contribution is -0.130. The predicted molar refractivity (Wildman–Crippen MR) is 120 cm³/mol. The van der Waals surface area contributed by atoms with Gasteiger partial charge in [0.2, 0.25) is 11.8 Å². The van der Waals surface area contributed by atoms with E-state index < -0.39 is 0 Å². The van der Waals surface area contributed by atoms with Crippen molar-refractivity contribution < 1.29 is 14.0 Å². The number of nitrogens with one attached hydrogen (secondary N) is 1. The molecule has 6 heteroatoms. The van der Waals surface area contributed by atoms with Crippen molar-refractivity contribution in [2.24, 2.45) is 0 Å². The number of rotatable bonds is 6. The van der Waals surface area contributed by atoms with Gasteiger partial charge >= 0.3 is 0 Å². The zero-order chi connectivity index (χ0) is 21.8. The molecule has 1 saturated heterocycles. The Morgan fingerprint density at radius 2 is 1.61 bits per heavy atom. The van der Waals surface area contributed by atoms with Gasteiger partial charge in [-0.15, -0.1) is 0 Å². The van der Waals surface area contributed by atoms with E-state index in [-0.39, 0.29) is 17.6 Å². The number of aromatic nitrogens is 1. The number of likely N-dealkylation sites (tertiary alicyclic amines) is 1. The third-order valence-corrected chi connectivity index (χ3v) is 5.60. The molecule has 1 aliphatic rings. The van der Waals surface area contributed by atoms with E-state index in [2.05, 4.69) is 9.88 Å². The number of carbonyl (C=O) groups is 2. The maximum atomic E-state index is 13.5. The van der Waals surface area contributed by atoms with Crippen LogP contribution in [0.15, 0.2) is 60.7 Å². The van der Waals surface area contributed by atoms with Crippen LogP contribution >= 0.6 is 0 Å². The van der Waals surface area contributed by atoms with Crippen LogP contribution in [0, 0.1) is 5.82 Å². The average Bonchev–Trinajstić information content (AvgIpc) is 3.43. The molecule has 5 nitrogen and oxygen atoms in total. The summed E-state index contributed by atoms with van der Waals surface area (Å²) >= 11 is 0. The molecular weight excluding hydrogens is 393 g/mol. The summed E-state index contributed by atoms with van der Waals surface area (Å²) in [7, 11) is 0. The highest BCUT2D eigenvalue weighted by Gasteiger charge is 2.19. The van der Waals surface area contributed by atoms with Crippen molar-refractivity contribution in [3.8, 4) is 16.9 Å². The normalized spacial score (nSPS) is 13.4. The van der Waals surface area contributed by atoms with E-state index in [1.54, 1.807) is 12.1 Å². The van der Waals surface area contributed by atoms with Gasteiger partial charge in [0.25, 0.3) is 0 Å². The molecule has 2 heterocycles. The number of nitrogens with zero attached hydrogens (tertiary/aromatic N) is 2. The van der Waals surface area contributed by atoms with Gasteiger partial charge in [-0.2, -0.15) is 0 Å². The van der Waals surface area contributed by atoms with Gasteiger partial charge in [0.15, 0.2) is 0 Å². The molecular formula is C25H26FN3O2. The number of hydrogen-bond donors (Lipinski definition) is 1. The quantitative estimate of drug-likeness (QED) is 0.624. The average molecular weight is 420 g/mol. The lowest BCUT2D eigenvalue weighted by Crippen LogP contribution is -2.27. The van der Waals surface area contributed by atoms with Gasteiger partial charge in [0.1, 0.15) is 5.82 Å². The van der Waals surface area contributed by atoms with Crippen LogP contribution in [-0.4, -0.2) is 34.4 Å². The molecule has 4 rings (SSSR count). The van der Waals surface area contributed by atoms with Crippen molar-refractivity contribution >= 4 is 17.5 Å². The first kappa shape index (κ1) is 20.8. The summed E-state index contributed by atoms with van der Waals surface area (Å²) in [6, 6.07) is 18.0. The summed E-state index contributed by atoms with van der Waals surface area (Å²) in [5.74, 6) is -0.214. The Balaban J connectivity index is 1.65. The highest BCUT2D eigenvalue weighted by atomic mass is 19.1. The molecule has 0 unspecified atom stereocenters. The Hall–Kier alpha value is -3.41. The Morgan fingerprint density at radius 3 is 2.26 bits per heavy atom. The lowest BCUT2D eigenvalue weighted by Gasteiger charge is -2.17. The number of amides is 2. The Bertz CT molecular complexity index is 1070. The molecule has 160 valence electrons. The SMILES string of the molecule is CC(=O)Nc1ccc(-n2c(CCC(=O)N3CCCC3)ccc2-c2ccc(F)cc2)cc1. The number of benzene rings is 2. The van der Waals surface area contributed by atoms with E-state index in [4.69, 9.17) is 0 Å². The molecule has 1 fully saturated rings. The second-order valence-corrected chi connectivity index (χ2v) is 7.87. The third-order valence-electron chi connectivity index (χ3n) is 5.60. The number of hydrogen-bond acceptors (Lipinski definition) is 2. The first-order valence-electron chi connectivity index (χ1n) is 10.6. The molecule has 0 spiro atoms. The molecule has 1 aromatic heterocycles. The van der Waals surface area contributed by atoms with Crippen LogP contribution in [0.2, 0.25) is 0 Å². The number of anilines is 1. The van der Waals surface area contributed by atoms with E-state index >= 15 is 0 Å². The van der Waals surface area contributed by atoms with Gasteiger partial charge in [-0.05, 0) is 85.5 Å². The van der Waals surface area contributed by atoms with Crippen LogP contribution in [-0.2, 0) is 16.0 Å². The lowest BCUT2D eigenvalue weighted by atomic mass is 10.1. The molecule has 2 aromatic carbocycles. The molecule has 0 bridgehead atoms. The molecule has 0 saturated carbocycles. The van der Waals surface area contributed by atoms with Crippen molar-refractivity contribution in [2.45, 2.75) is 32.6 Å². The number of carbonyl (C=O) groups excluding carboxylic acids is 2. The van der Waals surface area contributed by atoms with Crippen molar-refractivity contribution in [3.63, 3.8) is 0 Å². The Morgan fingerprint density at radius 1 is 0.935 bits per heavy atom. The number of halogens is 1. The molecule has 0 radical (unpaired) electrons. The van der Waals surface area contributed by atoms with Crippen LogP contribution in [0.1, 0.15) is 31.9 Å². The van der Waals surface area contributed by atoms with Crippen molar-refractivity contribution in [1.82, 2.24) is 9.47 Å². The molecule has 2 amide bonds. The van der Waals surface area contributed by atoms with Crippen LogP contribution in [0.5, 0.6) is 0 Å². The maximum Gasteiger partial charge on any atom is 0.222 e. The minimum absolute atomic E-state index is 0.123. The van der Waals surface area contributed by atoms with Gasteiger partial charge in [0, 0.05) is 43.5 Å². The van der Waals surface area contributed by atoms with E-state index in [1.807, 2.05) is 41.3 Å². The van der Waals surface area contributed by atoms with Gasteiger partial charge in [0.05, 0.1) is 5.69 Å². The van der Waals surface area contributed by atoms with E-state index in [0.29, 0.717) is 12.8 Å². The standard InChI is InChI=1S/C25H26FN3O2/c1-18(30)27-21-8-10-22(11-9-21)29-23(13-15-25(31)28-16-2-3-17-28)12-14-24(29)19-4-6-20(26)7-5-19/h4-12,14H,2-3,13,15-17H2,1H3,(H,27,30). The number of aryl methyl sites for hydroxylation is 1. The molecule has 1 N–H and O–H groups in total. The highest BCUT2D eigenvalue weighted by molar-refractivity contribution is 5.88. The largest absolute Gasteiger partial charge is 0.343 e. The smallest absolute Gasteiger partial charge is 0.222 e. The Kier molecular flexibility index (Phi) is 6.16. The summed E-state index contributed by atoms with van der Waals surface area (Å²) in [6.07, 6.45) is 3.23. The summed E-state index contributed by atoms with van der Waals surface area (Å²) in [6.45, 7) is 3.18. The van der Waals surface area contributed by atoms with E-state index in [9.17, 15) is 14.0 Å². The second kappa shape index (κ2) is 9.16. The molecule has 0 atom stereocenters. The van der Waals surface area contributed by atoms with Gasteiger partial charge in [-0.3, -0.25) is 9.59 Å². The molecule has 3 aromatic rings. The Labute approximate surface area is 181 Å². The van der Waals surface area contributed by atoms with Crippen molar-refractivity contribution in [2.75, 3.05) is 18.4 Å². The summed E-state index contributed by atoms with van der Waals surface area (Å²) in [4.78, 5) is 25.8. The highest BCUT2D eigenvalue weighted by Crippen LogP contribution is 2.28. The first-order valence-corrected chi connectivity index (χ1v) is 10.6. The summed E-state index contributed by atoms with van der Waals surface area (Å²) in [5.41, 5.74) is 4.47. The monoisotopic (exact) mass is 419 g/mol. The minimum atomic E-state index is -0.280. The summed E-state index contributed by atoms with van der Waals surface area (Å²) < 4.78 is 15.6. The molecule has 0 aliphatic carbocycles. The van der Waals surface area contributed by atoms with Crippen LogP contribution in [0.4, 0.5) is 10.1 Å². The zero-order valence-corrected chi connectivity index (χ0v) is 17.6. The fraction of sp³-hybridized carbons (Fsp3) is 0.280. The van der Waals surface area contributed by atoms with E-state index in [1.165, 1.54) is 19.1 Å². The second-order valence-electron chi connectivity index (χ2n) is 7.87. The maximum absolute atomic E-state index is 13.5. The fourth-order valence-electron chi connectivity index (χ4n) is 4.08. The van der Waals surface area contributed by atoms with Gasteiger partial charge in [-0.25, -0.2) is 4.39 Å². The zero-order valence-electron chi connectivity index (χ0n) is 17.6. The predicted octanol–water partition coefficient (Wildman–Crippen LogP) is 4.80. The molecule has 1 aliphatic heterocycles. The van der Waals surface area contributed by atoms with Gasteiger partial charge < -0.3 is 14.8 Å². The van der Waals surface area contributed by atoms with Crippen LogP contribution in [0.3, 0.4) is 0 Å². The fourth-order valence-corrected chi connectivity index (χ4v) is 4.08. The van der Waals surface area contributed by atoms with Crippen LogP contribution < -0.4 is 5.32 Å². The third kappa shape index (κ3) is 4.85. The van der Waals surface area contributed by atoms with Crippen molar-refractivity contribution in [1.29, 1.82) is 0 Å². The topological polar surface area (TPSA) is 54.3 Å². The summed E-state index contributed by atoms with van der Waals surface area (Å²) in [5, 5.41) is 2.78. The van der Waals surface area contributed by atoms with Gasteiger partial charge in [-0.1, -0.05) is 0 Å². The van der Waals surface area contributed by atoms with Crippen LogP contribution in [0.25, 0.3) is 16.9 Å². The minimum Gasteiger partial charge on any atom is -0.343 e. The first-order chi connectivity index (χ1) is 15.0. The van der Waals surface area contributed by atoms with E-state index in [0.717, 1.165) is 54.3 Å². The van der Waals surface area contributed by atoms with Crippen molar-refractivity contribution in [3.05, 3.63) is 72.2 Å².